The minimum Gasteiger partial charge on any atom is -0.410 e. The van der Waals surface area contributed by atoms with E-state index in [0.717, 1.165) is 0 Å². The molecule has 66 valence electrons. The molecule has 1 aromatic carbocycles. The number of hydrogen-bond acceptors (Lipinski definition) is 4. The molecule has 0 unspecified atom stereocenters. The molecule has 0 aliphatic heterocycles. The van der Waals surface area contributed by atoms with Crippen molar-refractivity contribution in [1.29, 1.82) is 0 Å². The van der Waals surface area contributed by atoms with Gasteiger partial charge >= 0.3 is 0 Å². The molecule has 0 atom stereocenters. The number of benzene rings is 1. The van der Waals surface area contributed by atoms with Crippen LogP contribution >= 0.6 is 0 Å². The van der Waals surface area contributed by atoms with Gasteiger partial charge in [0.2, 0.25) is 0 Å². The predicted molar refractivity (Wildman–Crippen MR) is 41.1 cm³/mol. The van der Waals surface area contributed by atoms with Gasteiger partial charge in [-0.3, -0.25) is 4.55 Å². The second kappa shape index (κ2) is 3.10. The SMILES string of the molecule is NOc1ccccc1S(=O)(=O)O. The first kappa shape index (κ1) is 8.98. The highest BCUT2D eigenvalue weighted by atomic mass is 32.2. The maximum atomic E-state index is 10.6. The molecule has 12 heavy (non-hydrogen) atoms. The van der Waals surface area contributed by atoms with Gasteiger partial charge in [0.25, 0.3) is 10.1 Å². The minimum absolute atomic E-state index is 0.0833. The van der Waals surface area contributed by atoms with Crippen LogP contribution in [0.2, 0.25) is 0 Å². The first-order valence-corrected chi connectivity index (χ1v) is 4.43. The molecular weight excluding hydrogens is 182 g/mol. The van der Waals surface area contributed by atoms with Crippen molar-refractivity contribution in [3.05, 3.63) is 24.3 Å². The molecule has 0 bridgehead atoms. The Bertz CT molecular complexity index is 373. The van der Waals surface area contributed by atoms with Crippen LogP contribution in [0.4, 0.5) is 0 Å². The van der Waals surface area contributed by atoms with Crippen LogP contribution in [0.1, 0.15) is 0 Å². The lowest BCUT2D eigenvalue weighted by atomic mass is 10.3. The van der Waals surface area contributed by atoms with E-state index in [1.54, 1.807) is 0 Å². The number of nitrogens with two attached hydrogens (primary N) is 1. The Morgan fingerprint density at radius 2 is 1.92 bits per heavy atom. The van der Waals surface area contributed by atoms with E-state index in [4.69, 9.17) is 10.4 Å². The molecule has 0 aromatic heterocycles. The Morgan fingerprint density at radius 3 is 2.33 bits per heavy atom. The van der Waals surface area contributed by atoms with E-state index in [0.29, 0.717) is 0 Å². The summed E-state index contributed by atoms with van der Waals surface area (Å²) < 4.78 is 29.9. The van der Waals surface area contributed by atoms with Crippen molar-refractivity contribution in [1.82, 2.24) is 0 Å². The quantitative estimate of drug-likeness (QED) is 0.512. The fraction of sp³-hybridized carbons (Fsp3) is 0. The van der Waals surface area contributed by atoms with Gasteiger partial charge in [0.05, 0.1) is 0 Å². The summed E-state index contributed by atoms with van der Waals surface area (Å²) in [6, 6.07) is 5.52. The number of hydrogen-bond donors (Lipinski definition) is 2. The monoisotopic (exact) mass is 189 g/mol. The lowest BCUT2D eigenvalue weighted by Gasteiger charge is -2.02. The highest BCUT2D eigenvalue weighted by Gasteiger charge is 2.14. The Labute approximate surface area is 69.5 Å². The summed E-state index contributed by atoms with van der Waals surface area (Å²) in [5.74, 6) is 4.69. The summed E-state index contributed by atoms with van der Waals surface area (Å²) >= 11 is 0. The van der Waals surface area contributed by atoms with Gasteiger partial charge in [-0.2, -0.15) is 14.3 Å². The molecule has 3 N–H and O–H groups in total. The molecule has 1 aromatic rings. The summed E-state index contributed by atoms with van der Waals surface area (Å²) in [5.41, 5.74) is 0. The van der Waals surface area contributed by atoms with Crippen LogP contribution in [0.25, 0.3) is 0 Å². The second-order valence-corrected chi connectivity index (χ2v) is 3.43. The Kier molecular flexibility index (Phi) is 2.32. The van der Waals surface area contributed by atoms with E-state index in [-0.39, 0.29) is 10.6 Å². The number of para-hydroxylation sites is 1. The van der Waals surface area contributed by atoms with Gasteiger partial charge in [-0.05, 0) is 12.1 Å². The molecule has 0 fully saturated rings. The average Bonchev–Trinajstić information content (AvgIpc) is 2.03. The normalized spacial score (nSPS) is 11.2. The zero-order valence-corrected chi connectivity index (χ0v) is 6.78. The van der Waals surface area contributed by atoms with Gasteiger partial charge in [-0.25, -0.2) is 0 Å². The van der Waals surface area contributed by atoms with Crippen molar-refractivity contribution in [2.75, 3.05) is 0 Å². The smallest absolute Gasteiger partial charge is 0.298 e. The Hall–Kier alpha value is -1.11. The molecular formula is C6H7NO4S. The van der Waals surface area contributed by atoms with Crippen LogP contribution in [0.15, 0.2) is 29.2 Å². The molecule has 0 aliphatic rings. The summed E-state index contributed by atoms with van der Waals surface area (Å²) in [6.07, 6.45) is 0. The van der Waals surface area contributed by atoms with Gasteiger partial charge in [-0.1, -0.05) is 12.1 Å². The summed E-state index contributed by atoms with van der Waals surface area (Å²) in [7, 11) is -4.25. The Balaban J connectivity index is 3.33. The standard InChI is InChI=1S/C6H7NO4S/c7-11-5-3-1-2-4-6(5)12(8,9)10/h1-4H,7H2,(H,8,9,10). The van der Waals surface area contributed by atoms with E-state index in [1.807, 2.05) is 0 Å². The van der Waals surface area contributed by atoms with Gasteiger partial charge in [-0.15, -0.1) is 0 Å². The zero-order chi connectivity index (χ0) is 9.19. The third-order valence-electron chi connectivity index (χ3n) is 1.25. The van der Waals surface area contributed by atoms with Crippen molar-refractivity contribution in [2.45, 2.75) is 4.90 Å². The minimum atomic E-state index is -4.25. The van der Waals surface area contributed by atoms with Gasteiger partial charge in [0, 0.05) is 0 Å². The third kappa shape index (κ3) is 1.73. The van der Waals surface area contributed by atoms with Crippen LogP contribution in [-0.4, -0.2) is 13.0 Å². The third-order valence-corrected chi connectivity index (χ3v) is 2.15. The van der Waals surface area contributed by atoms with Crippen molar-refractivity contribution >= 4 is 10.1 Å². The van der Waals surface area contributed by atoms with Crippen LogP contribution in [-0.2, 0) is 10.1 Å². The van der Waals surface area contributed by atoms with E-state index >= 15 is 0 Å². The molecule has 6 heteroatoms. The molecule has 1 rings (SSSR count). The van der Waals surface area contributed by atoms with Crippen molar-refractivity contribution in [3.8, 4) is 5.75 Å². The zero-order valence-electron chi connectivity index (χ0n) is 5.97. The molecule has 0 aliphatic carbocycles. The van der Waals surface area contributed by atoms with Crippen LogP contribution in [0, 0.1) is 0 Å². The van der Waals surface area contributed by atoms with E-state index in [1.165, 1.54) is 24.3 Å². The number of rotatable bonds is 2. The first-order chi connectivity index (χ1) is 5.55. The largest absolute Gasteiger partial charge is 0.410 e. The molecule has 0 heterocycles. The van der Waals surface area contributed by atoms with Gasteiger partial charge in [0.15, 0.2) is 5.75 Å². The predicted octanol–water partition coefficient (Wildman–Crippen LogP) is 0.186. The molecule has 0 saturated heterocycles. The van der Waals surface area contributed by atoms with E-state index < -0.39 is 10.1 Å². The molecule has 0 radical (unpaired) electrons. The van der Waals surface area contributed by atoms with Crippen molar-refractivity contribution in [2.24, 2.45) is 5.90 Å². The summed E-state index contributed by atoms with van der Waals surface area (Å²) in [4.78, 5) is 3.89. The Morgan fingerprint density at radius 1 is 1.33 bits per heavy atom. The van der Waals surface area contributed by atoms with Gasteiger partial charge in [0.1, 0.15) is 4.90 Å². The van der Waals surface area contributed by atoms with Gasteiger partial charge < -0.3 is 4.84 Å². The maximum Gasteiger partial charge on any atom is 0.298 e. The summed E-state index contributed by atoms with van der Waals surface area (Å²) in [5, 5.41) is 0. The average molecular weight is 189 g/mol. The topological polar surface area (TPSA) is 89.6 Å². The van der Waals surface area contributed by atoms with Crippen molar-refractivity contribution in [3.63, 3.8) is 0 Å². The molecule has 0 amide bonds. The molecule has 0 saturated carbocycles. The fourth-order valence-electron chi connectivity index (χ4n) is 0.761. The highest BCUT2D eigenvalue weighted by molar-refractivity contribution is 7.86. The highest BCUT2D eigenvalue weighted by Crippen LogP contribution is 2.21. The lowest BCUT2D eigenvalue weighted by Crippen LogP contribution is -2.07. The maximum absolute atomic E-state index is 10.6. The van der Waals surface area contributed by atoms with E-state index in [9.17, 15) is 8.42 Å². The van der Waals surface area contributed by atoms with Crippen LogP contribution in [0.3, 0.4) is 0 Å². The van der Waals surface area contributed by atoms with Crippen LogP contribution in [0.5, 0.6) is 5.75 Å². The first-order valence-electron chi connectivity index (χ1n) is 2.99. The van der Waals surface area contributed by atoms with Crippen molar-refractivity contribution < 1.29 is 17.8 Å². The molecule has 5 nitrogen and oxygen atoms in total. The second-order valence-electron chi connectivity index (χ2n) is 2.04. The molecule has 0 spiro atoms. The lowest BCUT2D eigenvalue weighted by molar-refractivity contribution is 0.323. The summed E-state index contributed by atoms with van der Waals surface area (Å²) in [6.45, 7) is 0. The fourth-order valence-corrected chi connectivity index (χ4v) is 1.38. The van der Waals surface area contributed by atoms with E-state index in [2.05, 4.69) is 4.84 Å². The van der Waals surface area contributed by atoms with Crippen LogP contribution < -0.4 is 10.7 Å².